The van der Waals surface area contributed by atoms with Gasteiger partial charge in [0.1, 0.15) is 11.9 Å². The van der Waals surface area contributed by atoms with E-state index >= 15 is 0 Å². The second-order valence-corrected chi connectivity index (χ2v) is 2.79. The van der Waals surface area contributed by atoms with Crippen molar-refractivity contribution >= 4 is 5.97 Å². The fraction of sp³-hybridized carbons (Fsp3) is 0.444. The lowest BCUT2D eigenvalue weighted by Crippen LogP contribution is -2.34. The first kappa shape index (κ1) is 10.6. The Labute approximate surface area is 82.5 Å². The van der Waals surface area contributed by atoms with Crippen LogP contribution in [0.3, 0.4) is 0 Å². The second kappa shape index (κ2) is 5.29. The summed E-state index contributed by atoms with van der Waals surface area (Å²) in [6.07, 6.45) is 3.32. The van der Waals surface area contributed by atoms with Crippen LogP contribution in [0.2, 0.25) is 0 Å². The highest BCUT2D eigenvalue weighted by atomic mass is 16.5. The van der Waals surface area contributed by atoms with Gasteiger partial charge in [0.2, 0.25) is 0 Å². The summed E-state index contributed by atoms with van der Waals surface area (Å²) in [5.74, 6) is 0.365. The van der Waals surface area contributed by atoms with Crippen molar-refractivity contribution in [3.8, 4) is 0 Å². The molecule has 1 heterocycles. The molecule has 1 unspecified atom stereocenters. The number of nitrogens with zero attached hydrogens (tertiary/aromatic N) is 2. The highest BCUT2D eigenvalue weighted by Crippen LogP contribution is 1.90. The van der Waals surface area contributed by atoms with Gasteiger partial charge in [-0.3, -0.25) is 10.1 Å². The minimum atomic E-state index is -0.344. The van der Waals surface area contributed by atoms with Crippen molar-refractivity contribution < 1.29 is 9.53 Å². The lowest BCUT2D eigenvalue weighted by atomic mass is 10.3. The third-order valence-corrected chi connectivity index (χ3v) is 1.74. The van der Waals surface area contributed by atoms with Crippen molar-refractivity contribution in [2.75, 3.05) is 7.11 Å². The lowest BCUT2D eigenvalue weighted by Gasteiger charge is -2.09. The molecule has 5 nitrogen and oxygen atoms in total. The molecule has 1 aromatic rings. The van der Waals surface area contributed by atoms with Gasteiger partial charge in [0.25, 0.3) is 0 Å². The summed E-state index contributed by atoms with van der Waals surface area (Å²) in [7, 11) is 1.36. The van der Waals surface area contributed by atoms with Crippen molar-refractivity contribution in [3.05, 3.63) is 24.3 Å². The van der Waals surface area contributed by atoms with Gasteiger partial charge in [0, 0.05) is 12.4 Å². The van der Waals surface area contributed by atoms with Crippen molar-refractivity contribution in [2.45, 2.75) is 19.5 Å². The molecule has 0 spiro atoms. The van der Waals surface area contributed by atoms with Crippen LogP contribution in [0.4, 0.5) is 0 Å². The van der Waals surface area contributed by atoms with Gasteiger partial charge in [0.15, 0.2) is 0 Å². The Morgan fingerprint density at radius 2 is 2.21 bits per heavy atom. The minimum Gasteiger partial charge on any atom is -0.468 e. The minimum absolute atomic E-state index is 0.291. The van der Waals surface area contributed by atoms with Crippen molar-refractivity contribution in [1.29, 1.82) is 0 Å². The zero-order valence-electron chi connectivity index (χ0n) is 8.23. The molecule has 76 valence electrons. The van der Waals surface area contributed by atoms with E-state index in [1.165, 1.54) is 7.11 Å². The van der Waals surface area contributed by atoms with Gasteiger partial charge in [-0.15, -0.1) is 0 Å². The number of carbonyl (C=O) groups excluding carboxylic acids is 1. The van der Waals surface area contributed by atoms with Crippen LogP contribution in [0.25, 0.3) is 0 Å². The maximum Gasteiger partial charge on any atom is 0.322 e. The number of hydrogen-bond acceptors (Lipinski definition) is 5. The van der Waals surface area contributed by atoms with Crippen LogP contribution in [0.1, 0.15) is 12.7 Å². The number of ether oxygens (including phenoxy) is 1. The van der Waals surface area contributed by atoms with Gasteiger partial charge in [-0.25, -0.2) is 9.97 Å². The summed E-state index contributed by atoms with van der Waals surface area (Å²) in [6.45, 7) is 2.19. The molecule has 0 fully saturated rings. The normalized spacial score (nSPS) is 12.1. The van der Waals surface area contributed by atoms with Gasteiger partial charge in [-0.1, -0.05) is 0 Å². The van der Waals surface area contributed by atoms with E-state index in [-0.39, 0.29) is 12.0 Å². The standard InChI is InChI=1S/C9H13N3O2/c1-7(9(13)14-2)12-6-8-10-4-3-5-11-8/h3-5,7,12H,6H2,1-2H3. The van der Waals surface area contributed by atoms with Gasteiger partial charge in [-0.2, -0.15) is 0 Å². The van der Waals surface area contributed by atoms with Gasteiger partial charge in [0.05, 0.1) is 13.7 Å². The first-order chi connectivity index (χ1) is 6.74. The summed E-state index contributed by atoms with van der Waals surface area (Å²) >= 11 is 0. The Morgan fingerprint density at radius 3 is 2.79 bits per heavy atom. The summed E-state index contributed by atoms with van der Waals surface area (Å²) in [4.78, 5) is 19.0. The van der Waals surface area contributed by atoms with E-state index in [1.54, 1.807) is 25.4 Å². The molecule has 0 aliphatic carbocycles. The average molecular weight is 195 g/mol. The summed E-state index contributed by atoms with van der Waals surface area (Å²) in [5.41, 5.74) is 0. The number of methoxy groups -OCH3 is 1. The summed E-state index contributed by atoms with van der Waals surface area (Å²) in [5, 5.41) is 2.95. The molecule has 1 rings (SSSR count). The molecular formula is C9H13N3O2. The number of carbonyl (C=O) groups is 1. The zero-order valence-corrected chi connectivity index (χ0v) is 8.23. The number of aromatic nitrogens is 2. The molecule has 0 aliphatic rings. The monoisotopic (exact) mass is 195 g/mol. The maximum atomic E-state index is 11.0. The molecule has 0 bridgehead atoms. The molecule has 14 heavy (non-hydrogen) atoms. The Kier molecular flexibility index (Phi) is 4.00. The number of rotatable bonds is 4. The smallest absolute Gasteiger partial charge is 0.322 e. The highest BCUT2D eigenvalue weighted by Gasteiger charge is 2.11. The van der Waals surface area contributed by atoms with Gasteiger partial charge < -0.3 is 4.74 Å². The maximum absolute atomic E-state index is 11.0. The summed E-state index contributed by atoms with van der Waals surface area (Å²) < 4.78 is 4.56. The predicted octanol–water partition coefficient (Wildman–Crippen LogP) is 0.128. The largest absolute Gasteiger partial charge is 0.468 e. The molecule has 0 amide bonds. The van der Waals surface area contributed by atoms with Crippen molar-refractivity contribution in [3.63, 3.8) is 0 Å². The molecule has 1 aromatic heterocycles. The fourth-order valence-electron chi connectivity index (χ4n) is 0.926. The van der Waals surface area contributed by atoms with E-state index in [0.717, 1.165) is 0 Å². The van der Waals surface area contributed by atoms with Crippen LogP contribution in [-0.2, 0) is 16.1 Å². The topological polar surface area (TPSA) is 64.1 Å². The van der Waals surface area contributed by atoms with Gasteiger partial charge >= 0.3 is 5.97 Å². The Bertz CT molecular complexity index is 289. The van der Waals surface area contributed by atoms with Crippen LogP contribution < -0.4 is 5.32 Å². The van der Waals surface area contributed by atoms with E-state index in [4.69, 9.17) is 0 Å². The Hall–Kier alpha value is -1.49. The number of hydrogen-bond donors (Lipinski definition) is 1. The second-order valence-electron chi connectivity index (χ2n) is 2.79. The zero-order chi connectivity index (χ0) is 10.4. The third-order valence-electron chi connectivity index (χ3n) is 1.74. The molecule has 0 radical (unpaired) electrons. The van der Waals surface area contributed by atoms with Crippen LogP contribution in [0.5, 0.6) is 0 Å². The lowest BCUT2D eigenvalue weighted by molar-refractivity contribution is -0.142. The molecule has 0 saturated heterocycles. The number of esters is 1. The van der Waals surface area contributed by atoms with Crippen LogP contribution in [-0.4, -0.2) is 29.1 Å². The van der Waals surface area contributed by atoms with E-state index in [1.807, 2.05) is 0 Å². The average Bonchev–Trinajstić information content (AvgIpc) is 2.26. The molecule has 0 aromatic carbocycles. The molecular weight excluding hydrogens is 182 g/mol. The van der Waals surface area contributed by atoms with E-state index in [0.29, 0.717) is 12.4 Å². The molecule has 1 atom stereocenters. The molecule has 5 heteroatoms. The Balaban J connectivity index is 2.38. The molecule has 0 saturated carbocycles. The van der Waals surface area contributed by atoms with Crippen molar-refractivity contribution in [2.24, 2.45) is 0 Å². The summed E-state index contributed by atoms with van der Waals surface area (Å²) in [6, 6.07) is 1.40. The third kappa shape index (κ3) is 3.10. The molecule has 1 N–H and O–H groups in total. The predicted molar refractivity (Wildman–Crippen MR) is 50.3 cm³/mol. The van der Waals surface area contributed by atoms with Crippen LogP contribution in [0.15, 0.2) is 18.5 Å². The quantitative estimate of drug-likeness (QED) is 0.692. The Morgan fingerprint density at radius 1 is 1.57 bits per heavy atom. The van der Waals surface area contributed by atoms with Crippen LogP contribution >= 0.6 is 0 Å². The number of nitrogens with one attached hydrogen (secondary N) is 1. The van der Waals surface area contributed by atoms with E-state index < -0.39 is 0 Å². The molecule has 0 aliphatic heterocycles. The van der Waals surface area contributed by atoms with E-state index in [9.17, 15) is 4.79 Å². The van der Waals surface area contributed by atoms with Crippen molar-refractivity contribution in [1.82, 2.24) is 15.3 Å². The van der Waals surface area contributed by atoms with E-state index in [2.05, 4.69) is 20.0 Å². The first-order valence-electron chi connectivity index (χ1n) is 4.31. The van der Waals surface area contributed by atoms with Gasteiger partial charge in [-0.05, 0) is 13.0 Å². The van der Waals surface area contributed by atoms with Crippen LogP contribution in [0, 0.1) is 0 Å². The SMILES string of the molecule is COC(=O)C(C)NCc1ncccn1. The first-order valence-corrected chi connectivity index (χ1v) is 4.31. The fourth-order valence-corrected chi connectivity index (χ4v) is 0.926. The highest BCUT2D eigenvalue weighted by molar-refractivity contribution is 5.74.